The summed E-state index contributed by atoms with van der Waals surface area (Å²) < 4.78 is 32.6. The average Bonchev–Trinajstić information content (AvgIpc) is 2.87. The molecular formula is C30H36FN5O5. The molecule has 10 nitrogen and oxygen atoms in total. The highest BCUT2D eigenvalue weighted by atomic mass is 19.1. The van der Waals surface area contributed by atoms with Gasteiger partial charge in [-0.05, 0) is 77.4 Å². The van der Waals surface area contributed by atoms with E-state index in [1.807, 2.05) is 14.1 Å². The molecule has 1 N–H and O–H groups in total. The number of anilines is 2. The van der Waals surface area contributed by atoms with Gasteiger partial charge in [0.1, 0.15) is 35.6 Å². The Morgan fingerprint density at radius 2 is 1.83 bits per heavy atom. The average molecular weight is 566 g/mol. The topological polar surface area (TPSA) is 106 Å². The highest BCUT2D eigenvalue weighted by Gasteiger charge is 2.34. The Labute approximate surface area is 238 Å². The van der Waals surface area contributed by atoms with Crippen molar-refractivity contribution in [2.45, 2.75) is 65.2 Å². The first kappa shape index (κ1) is 28.5. The fourth-order valence-electron chi connectivity index (χ4n) is 5.16. The Bertz CT molecular complexity index is 1510. The molecule has 2 amide bonds. The second-order valence-corrected chi connectivity index (χ2v) is 11.8. The summed E-state index contributed by atoms with van der Waals surface area (Å²) in [6.45, 7) is 9.42. The predicted molar refractivity (Wildman–Crippen MR) is 154 cm³/mol. The summed E-state index contributed by atoms with van der Waals surface area (Å²) >= 11 is 0. The maximum Gasteiger partial charge on any atom is 0.415 e. The lowest BCUT2D eigenvalue weighted by Gasteiger charge is -2.38. The number of pyridine rings is 2. The lowest BCUT2D eigenvalue weighted by molar-refractivity contribution is 0.00915. The van der Waals surface area contributed by atoms with Crippen LogP contribution in [0.2, 0.25) is 0 Å². The van der Waals surface area contributed by atoms with Gasteiger partial charge >= 0.3 is 12.2 Å². The van der Waals surface area contributed by atoms with Crippen molar-refractivity contribution in [2.24, 2.45) is 0 Å². The van der Waals surface area contributed by atoms with Crippen LogP contribution in [0.4, 0.5) is 25.5 Å². The van der Waals surface area contributed by atoms with Crippen molar-refractivity contribution in [2.75, 3.05) is 37.5 Å². The van der Waals surface area contributed by atoms with E-state index < -0.39 is 23.6 Å². The zero-order valence-corrected chi connectivity index (χ0v) is 24.5. The van der Waals surface area contributed by atoms with Gasteiger partial charge in [-0.3, -0.25) is 10.2 Å². The molecule has 1 saturated carbocycles. The number of aryl methyl sites for hydroxylation is 1. The quantitative estimate of drug-likeness (QED) is 0.421. The number of nitrogens with one attached hydrogen (secondary N) is 1. The molecular weight excluding hydrogens is 529 g/mol. The maximum atomic E-state index is 15.8. The number of carbonyl (C=O) groups excluding carboxylic acids is 2. The zero-order valence-electron chi connectivity index (χ0n) is 24.5. The van der Waals surface area contributed by atoms with Crippen LogP contribution in [0.25, 0.3) is 21.9 Å². The first-order chi connectivity index (χ1) is 19.3. The number of benzene rings is 1. The lowest BCUT2D eigenvalue weighted by Crippen LogP contribution is -2.45. The zero-order chi connectivity index (χ0) is 29.6. The molecule has 1 fully saturated rings. The molecule has 1 aliphatic heterocycles. The molecule has 1 aliphatic carbocycles. The van der Waals surface area contributed by atoms with Gasteiger partial charge in [0.25, 0.3) is 0 Å². The minimum atomic E-state index is -0.686. The van der Waals surface area contributed by atoms with Crippen molar-refractivity contribution in [1.29, 1.82) is 0 Å². The Morgan fingerprint density at radius 3 is 2.51 bits per heavy atom. The summed E-state index contributed by atoms with van der Waals surface area (Å²) in [5.41, 5.74) is 1.62. The van der Waals surface area contributed by atoms with Gasteiger partial charge in [-0.1, -0.05) is 0 Å². The van der Waals surface area contributed by atoms with Gasteiger partial charge in [-0.25, -0.2) is 23.9 Å². The van der Waals surface area contributed by atoms with E-state index in [-0.39, 0.29) is 19.3 Å². The third-order valence-electron chi connectivity index (χ3n) is 7.51. The fraction of sp³-hybridized carbons (Fsp3) is 0.467. The monoisotopic (exact) mass is 565 g/mol. The largest absolute Gasteiger partial charge is 0.474 e. The highest BCUT2D eigenvalue weighted by Crippen LogP contribution is 2.41. The lowest BCUT2D eigenvalue weighted by atomic mass is 9.88. The number of fused-ring (bicyclic) bond motifs is 2. The summed E-state index contributed by atoms with van der Waals surface area (Å²) in [4.78, 5) is 37.8. The summed E-state index contributed by atoms with van der Waals surface area (Å²) in [6.07, 6.45) is 3.44. The molecule has 2 aromatic heterocycles. The van der Waals surface area contributed by atoms with E-state index in [4.69, 9.17) is 14.2 Å². The second kappa shape index (κ2) is 10.8. The molecule has 41 heavy (non-hydrogen) atoms. The standard InChI is InChI=1S/C30H36FN5O5/c1-16-22-14-32-24(34-28(37)40-20-12-19(13-20)35(6)7)11-18(22)10-21(25(16)31)23-15-33-27-26(17(23)2)36(8-9-39-27)29(38)41-30(3,4)5/h10-11,14-15,19-20H,8-9,12-13H2,1-7H3,(H,32,34,37)/t19-,20-. The van der Waals surface area contributed by atoms with E-state index in [0.717, 1.165) is 12.8 Å². The summed E-state index contributed by atoms with van der Waals surface area (Å²) in [5.74, 6) is 0.164. The van der Waals surface area contributed by atoms with Crippen molar-refractivity contribution in [3.8, 4) is 17.0 Å². The van der Waals surface area contributed by atoms with E-state index in [1.54, 1.807) is 52.9 Å². The minimum Gasteiger partial charge on any atom is -0.474 e. The molecule has 0 radical (unpaired) electrons. The van der Waals surface area contributed by atoms with Gasteiger partial charge in [-0.2, -0.15) is 0 Å². The molecule has 0 unspecified atom stereocenters. The van der Waals surface area contributed by atoms with Crippen LogP contribution in [0.1, 0.15) is 44.7 Å². The number of hydrogen-bond donors (Lipinski definition) is 1. The van der Waals surface area contributed by atoms with Crippen LogP contribution in [0, 0.1) is 19.7 Å². The molecule has 0 saturated heterocycles. The molecule has 5 rings (SSSR count). The first-order valence-electron chi connectivity index (χ1n) is 13.7. The third-order valence-corrected chi connectivity index (χ3v) is 7.51. The van der Waals surface area contributed by atoms with Crippen molar-refractivity contribution in [3.63, 3.8) is 0 Å². The second-order valence-electron chi connectivity index (χ2n) is 11.8. The number of halogens is 1. The molecule has 0 atom stereocenters. The summed E-state index contributed by atoms with van der Waals surface area (Å²) in [5, 5.41) is 3.98. The molecule has 0 spiro atoms. The van der Waals surface area contributed by atoms with Crippen molar-refractivity contribution < 1.29 is 28.2 Å². The van der Waals surface area contributed by atoms with E-state index in [2.05, 4.69) is 20.2 Å². The molecule has 3 heterocycles. The van der Waals surface area contributed by atoms with Crippen molar-refractivity contribution in [1.82, 2.24) is 14.9 Å². The molecule has 11 heteroatoms. The normalized spacial score (nSPS) is 18.4. The first-order valence-corrected chi connectivity index (χ1v) is 13.7. The van der Waals surface area contributed by atoms with Gasteiger partial charge < -0.3 is 19.1 Å². The molecule has 3 aromatic rings. The third kappa shape index (κ3) is 5.76. The Kier molecular flexibility index (Phi) is 7.50. The number of nitrogens with zero attached hydrogens (tertiary/aromatic N) is 4. The number of aromatic nitrogens is 2. The van der Waals surface area contributed by atoms with Crippen LogP contribution in [-0.2, 0) is 9.47 Å². The Hall–Kier alpha value is -3.99. The van der Waals surface area contributed by atoms with E-state index in [9.17, 15) is 9.59 Å². The number of hydrogen-bond acceptors (Lipinski definition) is 8. The predicted octanol–water partition coefficient (Wildman–Crippen LogP) is 5.83. The molecule has 0 bridgehead atoms. The van der Waals surface area contributed by atoms with Crippen LogP contribution < -0.4 is 15.0 Å². The molecule has 1 aromatic carbocycles. The van der Waals surface area contributed by atoms with Crippen molar-refractivity contribution in [3.05, 3.63) is 41.5 Å². The number of ether oxygens (including phenoxy) is 3. The number of carbonyl (C=O) groups is 2. The maximum absolute atomic E-state index is 15.8. The molecule has 218 valence electrons. The fourth-order valence-corrected chi connectivity index (χ4v) is 5.16. The Morgan fingerprint density at radius 1 is 1.10 bits per heavy atom. The summed E-state index contributed by atoms with van der Waals surface area (Å²) in [7, 11) is 4.01. The van der Waals surface area contributed by atoms with Gasteiger partial charge in [0.05, 0.1) is 6.54 Å². The van der Waals surface area contributed by atoms with Crippen LogP contribution in [0.15, 0.2) is 24.5 Å². The van der Waals surface area contributed by atoms with E-state index in [0.29, 0.717) is 56.5 Å². The van der Waals surface area contributed by atoms with Crippen molar-refractivity contribution >= 4 is 34.5 Å². The van der Waals surface area contributed by atoms with Gasteiger partial charge in [0.15, 0.2) is 0 Å². The van der Waals surface area contributed by atoms with Gasteiger partial charge in [0, 0.05) is 47.8 Å². The van der Waals surface area contributed by atoms with E-state index >= 15 is 4.39 Å². The van der Waals surface area contributed by atoms with Gasteiger partial charge in [-0.15, -0.1) is 0 Å². The summed E-state index contributed by atoms with van der Waals surface area (Å²) in [6, 6.07) is 3.79. The number of rotatable bonds is 4. The van der Waals surface area contributed by atoms with Gasteiger partial charge in [0.2, 0.25) is 5.88 Å². The minimum absolute atomic E-state index is 0.130. The van der Waals surface area contributed by atoms with E-state index in [1.165, 1.54) is 11.1 Å². The molecule has 2 aliphatic rings. The van der Waals surface area contributed by atoms with Crippen LogP contribution >= 0.6 is 0 Å². The van der Waals surface area contributed by atoms with Crippen LogP contribution in [0.5, 0.6) is 5.88 Å². The number of amides is 2. The Balaban J connectivity index is 1.45. The highest BCUT2D eigenvalue weighted by molar-refractivity contribution is 5.96. The SMILES string of the molecule is Cc1c(-c2cc3cc(NC(=O)O[C@H]4C[C@H](N(C)C)C4)ncc3c(C)c2F)cnc2c1N(C(=O)OC(C)(C)C)CCO2. The van der Waals surface area contributed by atoms with Crippen LogP contribution in [-0.4, -0.2) is 72.0 Å². The smallest absolute Gasteiger partial charge is 0.415 e. The van der Waals surface area contributed by atoms with Crippen LogP contribution in [0.3, 0.4) is 0 Å².